The van der Waals surface area contributed by atoms with Gasteiger partial charge in [0.05, 0.1) is 5.75 Å². The van der Waals surface area contributed by atoms with Gasteiger partial charge in [-0.1, -0.05) is 11.8 Å². The van der Waals surface area contributed by atoms with Gasteiger partial charge in [-0.25, -0.2) is 4.98 Å². The lowest BCUT2D eigenvalue weighted by molar-refractivity contribution is -0.115. The first-order valence-electron chi connectivity index (χ1n) is 7.09. The molecule has 2 rings (SSSR count). The van der Waals surface area contributed by atoms with E-state index in [0.717, 1.165) is 24.9 Å². The number of hydrogen-bond acceptors (Lipinski definition) is 9. The minimum atomic E-state index is -0.423. The zero-order chi connectivity index (χ0) is 16.8. The van der Waals surface area contributed by atoms with E-state index in [1.54, 1.807) is 7.05 Å². The first-order valence-corrected chi connectivity index (χ1v) is 8.07. The van der Waals surface area contributed by atoms with Crippen molar-refractivity contribution >= 4 is 29.6 Å². The Hall–Kier alpha value is -2.43. The molecule has 2 heterocycles. The number of hydrogen-bond donors (Lipinski definition) is 2. The van der Waals surface area contributed by atoms with Crippen LogP contribution in [0.15, 0.2) is 11.5 Å². The SMILES string of the molecule is CCN(CC)c1nc(NC)nc(-n2cnc(SCC(N)=O)n2)n1. The van der Waals surface area contributed by atoms with E-state index in [2.05, 4.69) is 30.4 Å². The van der Waals surface area contributed by atoms with Crippen LogP contribution in [0.25, 0.3) is 5.95 Å². The molecule has 2 aromatic rings. The van der Waals surface area contributed by atoms with Gasteiger partial charge in [0.25, 0.3) is 5.95 Å². The maximum atomic E-state index is 10.8. The molecule has 0 saturated carbocycles. The molecule has 124 valence electrons. The van der Waals surface area contributed by atoms with E-state index in [1.807, 2.05) is 18.7 Å². The van der Waals surface area contributed by atoms with Crippen molar-refractivity contribution in [1.82, 2.24) is 29.7 Å². The summed E-state index contributed by atoms with van der Waals surface area (Å²) in [4.78, 5) is 30.0. The molecule has 0 bridgehead atoms. The van der Waals surface area contributed by atoms with Gasteiger partial charge in [-0.2, -0.15) is 19.6 Å². The van der Waals surface area contributed by atoms with Crippen LogP contribution in [0.2, 0.25) is 0 Å². The van der Waals surface area contributed by atoms with Gasteiger partial charge in [0.15, 0.2) is 0 Å². The normalized spacial score (nSPS) is 10.6. The summed E-state index contributed by atoms with van der Waals surface area (Å²) in [6.07, 6.45) is 1.49. The van der Waals surface area contributed by atoms with Gasteiger partial charge in [-0.3, -0.25) is 4.79 Å². The molecule has 0 aliphatic heterocycles. The number of nitrogens with one attached hydrogen (secondary N) is 1. The molecule has 0 saturated heterocycles. The van der Waals surface area contributed by atoms with Crippen LogP contribution in [0.5, 0.6) is 0 Å². The fourth-order valence-corrected chi connectivity index (χ4v) is 2.30. The van der Waals surface area contributed by atoms with Crippen LogP contribution in [-0.2, 0) is 4.79 Å². The van der Waals surface area contributed by atoms with Gasteiger partial charge < -0.3 is 16.0 Å². The number of primary amides is 1. The second kappa shape index (κ2) is 7.72. The first kappa shape index (κ1) is 16.9. The quantitative estimate of drug-likeness (QED) is 0.635. The minimum absolute atomic E-state index is 0.119. The molecule has 1 amide bonds. The van der Waals surface area contributed by atoms with Gasteiger partial charge in [0.1, 0.15) is 6.33 Å². The Kier molecular flexibility index (Phi) is 5.68. The topological polar surface area (TPSA) is 128 Å². The number of thioether (sulfide) groups is 1. The summed E-state index contributed by atoms with van der Waals surface area (Å²) in [6.45, 7) is 5.61. The third-order valence-corrected chi connectivity index (χ3v) is 3.78. The van der Waals surface area contributed by atoms with Gasteiger partial charge in [-0.05, 0) is 13.8 Å². The summed E-state index contributed by atoms with van der Waals surface area (Å²) >= 11 is 1.16. The van der Waals surface area contributed by atoms with Crippen LogP contribution in [0.4, 0.5) is 11.9 Å². The van der Waals surface area contributed by atoms with E-state index in [9.17, 15) is 4.79 Å². The average Bonchev–Trinajstić information content (AvgIpc) is 3.03. The number of anilines is 2. The summed E-state index contributed by atoms with van der Waals surface area (Å²) in [7, 11) is 1.74. The van der Waals surface area contributed by atoms with Crippen molar-refractivity contribution in [1.29, 1.82) is 0 Å². The first-order chi connectivity index (χ1) is 11.1. The van der Waals surface area contributed by atoms with Crippen molar-refractivity contribution in [2.75, 3.05) is 36.1 Å². The van der Waals surface area contributed by atoms with Gasteiger partial charge >= 0.3 is 0 Å². The molecule has 0 unspecified atom stereocenters. The number of nitrogens with two attached hydrogens (primary N) is 1. The molecule has 2 aromatic heterocycles. The summed E-state index contributed by atoms with van der Waals surface area (Å²) < 4.78 is 1.44. The summed E-state index contributed by atoms with van der Waals surface area (Å²) in [5, 5.41) is 7.58. The number of carbonyl (C=O) groups excluding carboxylic acids is 1. The van der Waals surface area contributed by atoms with Crippen LogP contribution in [0.1, 0.15) is 13.8 Å². The number of aromatic nitrogens is 6. The van der Waals surface area contributed by atoms with Crippen molar-refractivity contribution in [2.45, 2.75) is 19.0 Å². The van der Waals surface area contributed by atoms with E-state index in [-0.39, 0.29) is 5.75 Å². The Labute approximate surface area is 137 Å². The lowest BCUT2D eigenvalue weighted by atomic mass is 10.5. The summed E-state index contributed by atoms with van der Waals surface area (Å²) in [5.74, 6) is 1.05. The van der Waals surface area contributed by atoms with E-state index in [0.29, 0.717) is 23.0 Å². The van der Waals surface area contributed by atoms with E-state index >= 15 is 0 Å². The highest BCUT2D eigenvalue weighted by Crippen LogP contribution is 2.15. The largest absolute Gasteiger partial charge is 0.369 e. The maximum absolute atomic E-state index is 10.8. The molecule has 0 radical (unpaired) electrons. The van der Waals surface area contributed by atoms with Crippen LogP contribution in [0, 0.1) is 0 Å². The van der Waals surface area contributed by atoms with Crippen molar-refractivity contribution in [3.63, 3.8) is 0 Å². The molecule has 23 heavy (non-hydrogen) atoms. The summed E-state index contributed by atoms with van der Waals surface area (Å²) in [5.41, 5.74) is 5.11. The third kappa shape index (κ3) is 4.28. The van der Waals surface area contributed by atoms with Gasteiger partial charge in [0, 0.05) is 20.1 Å². The molecule has 3 N–H and O–H groups in total. The van der Waals surface area contributed by atoms with E-state index in [4.69, 9.17) is 5.73 Å². The van der Waals surface area contributed by atoms with Crippen molar-refractivity contribution < 1.29 is 4.79 Å². The molecule has 11 heteroatoms. The smallest absolute Gasteiger partial charge is 0.258 e. The van der Waals surface area contributed by atoms with Gasteiger partial charge in [0.2, 0.25) is 23.0 Å². The maximum Gasteiger partial charge on any atom is 0.258 e. The van der Waals surface area contributed by atoms with Crippen molar-refractivity contribution in [3.8, 4) is 5.95 Å². The Balaban J connectivity index is 2.31. The van der Waals surface area contributed by atoms with Crippen LogP contribution >= 0.6 is 11.8 Å². The van der Waals surface area contributed by atoms with Crippen LogP contribution in [0.3, 0.4) is 0 Å². The number of carbonyl (C=O) groups is 1. The zero-order valence-electron chi connectivity index (χ0n) is 13.2. The number of amides is 1. The molecule has 10 nitrogen and oxygen atoms in total. The Morgan fingerprint density at radius 1 is 1.35 bits per heavy atom. The van der Waals surface area contributed by atoms with Crippen LogP contribution < -0.4 is 16.0 Å². The Morgan fingerprint density at radius 2 is 2.09 bits per heavy atom. The minimum Gasteiger partial charge on any atom is -0.369 e. The predicted octanol–water partition coefficient (Wildman–Crippen LogP) is -0.0824. The third-order valence-electron chi connectivity index (χ3n) is 2.90. The predicted molar refractivity (Wildman–Crippen MR) is 87.8 cm³/mol. The fraction of sp³-hybridized carbons (Fsp3) is 0.500. The molecular formula is C12H19N9OS. The Morgan fingerprint density at radius 3 is 2.70 bits per heavy atom. The second-order valence-corrected chi connectivity index (χ2v) is 5.35. The highest BCUT2D eigenvalue weighted by atomic mass is 32.2. The number of rotatable bonds is 8. The molecule has 0 aliphatic rings. The van der Waals surface area contributed by atoms with E-state index < -0.39 is 5.91 Å². The standard InChI is InChI=1S/C12H19N9OS/c1-4-20(5-2)10-16-9(14-3)17-11(18-10)21-7-15-12(19-21)23-6-8(13)22/h7H,4-6H2,1-3H3,(H2,13,22)(H,14,16,17,18). The van der Waals surface area contributed by atoms with Crippen molar-refractivity contribution in [2.24, 2.45) is 5.73 Å². The van der Waals surface area contributed by atoms with Crippen molar-refractivity contribution in [3.05, 3.63) is 6.33 Å². The molecule has 0 spiro atoms. The van der Waals surface area contributed by atoms with E-state index in [1.165, 1.54) is 11.0 Å². The fourth-order valence-electron chi connectivity index (χ4n) is 1.76. The lowest BCUT2D eigenvalue weighted by Gasteiger charge is -2.19. The van der Waals surface area contributed by atoms with Crippen LogP contribution in [-0.4, -0.2) is 61.5 Å². The zero-order valence-corrected chi connectivity index (χ0v) is 14.0. The molecule has 0 atom stereocenters. The highest BCUT2D eigenvalue weighted by molar-refractivity contribution is 7.99. The molecule has 0 aliphatic carbocycles. The molecule has 0 fully saturated rings. The summed E-state index contributed by atoms with van der Waals surface area (Å²) in [6, 6.07) is 0. The monoisotopic (exact) mass is 337 g/mol. The van der Waals surface area contributed by atoms with Gasteiger partial charge in [-0.15, -0.1) is 5.10 Å². The average molecular weight is 337 g/mol. The lowest BCUT2D eigenvalue weighted by Crippen LogP contribution is -2.25. The Bertz CT molecular complexity index is 670. The second-order valence-electron chi connectivity index (χ2n) is 4.41. The highest BCUT2D eigenvalue weighted by Gasteiger charge is 2.13. The molecular weight excluding hydrogens is 318 g/mol. The number of nitrogens with zero attached hydrogens (tertiary/aromatic N) is 7. The molecule has 0 aromatic carbocycles.